The minimum Gasteiger partial charge on any atom is -0.494 e. The molecular weight excluding hydrogens is 286 g/mol. The van der Waals surface area contributed by atoms with Gasteiger partial charge in [0.1, 0.15) is 17.4 Å². The summed E-state index contributed by atoms with van der Waals surface area (Å²) in [5.74, 6) is 1.53. The highest BCUT2D eigenvalue weighted by molar-refractivity contribution is 7.99. The zero-order chi connectivity index (χ0) is 15.2. The predicted octanol–water partition coefficient (Wildman–Crippen LogP) is 2.82. The first-order chi connectivity index (χ1) is 10.2. The van der Waals surface area contributed by atoms with Crippen LogP contribution in [0, 0.1) is 11.3 Å². The van der Waals surface area contributed by atoms with Crippen LogP contribution < -0.4 is 10.3 Å². The Hall–Kier alpha value is -2.26. The Morgan fingerprint density at radius 3 is 2.62 bits per heavy atom. The molecular formula is C15H15N3O2S. The third-order valence-corrected chi connectivity index (χ3v) is 3.48. The number of nitriles is 1. The largest absolute Gasteiger partial charge is 0.494 e. The molecule has 2 rings (SSSR count). The SMILES string of the molecule is CCOc1ccc(-c2nc(SCC)[nH]c(=O)c2C#N)cc1. The van der Waals surface area contributed by atoms with Crippen LogP contribution in [0.3, 0.4) is 0 Å². The summed E-state index contributed by atoms with van der Waals surface area (Å²) in [7, 11) is 0. The lowest BCUT2D eigenvalue weighted by molar-refractivity contribution is 0.340. The fourth-order valence-electron chi connectivity index (χ4n) is 1.85. The van der Waals surface area contributed by atoms with E-state index in [1.165, 1.54) is 11.8 Å². The standard InChI is InChI=1S/C15H15N3O2S/c1-3-20-11-7-5-10(6-8-11)13-12(9-16)14(19)18-15(17-13)21-4-2/h5-8H,3-4H2,1-2H3,(H,17,18,19). The fraction of sp³-hybridized carbons (Fsp3) is 0.267. The summed E-state index contributed by atoms with van der Waals surface area (Å²) in [6, 6.07) is 9.13. The minimum absolute atomic E-state index is 0.0274. The van der Waals surface area contributed by atoms with Gasteiger partial charge in [0, 0.05) is 5.56 Å². The Balaban J connectivity index is 2.50. The van der Waals surface area contributed by atoms with Gasteiger partial charge in [-0.1, -0.05) is 18.7 Å². The highest BCUT2D eigenvalue weighted by Gasteiger charge is 2.13. The van der Waals surface area contributed by atoms with Gasteiger partial charge < -0.3 is 9.72 Å². The summed E-state index contributed by atoms with van der Waals surface area (Å²) in [5.41, 5.74) is 0.742. The molecule has 5 nitrogen and oxygen atoms in total. The lowest BCUT2D eigenvalue weighted by Gasteiger charge is -2.07. The summed E-state index contributed by atoms with van der Waals surface area (Å²) in [6.07, 6.45) is 0. The lowest BCUT2D eigenvalue weighted by Crippen LogP contribution is -2.14. The van der Waals surface area contributed by atoms with Gasteiger partial charge in [-0.2, -0.15) is 5.26 Å². The van der Waals surface area contributed by atoms with Crippen molar-refractivity contribution in [1.82, 2.24) is 9.97 Å². The molecule has 2 aromatic rings. The molecule has 1 aromatic carbocycles. The molecule has 0 aliphatic rings. The van der Waals surface area contributed by atoms with Crippen molar-refractivity contribution in [2.45, 2.75) is 19.0 Å². The van der Waals surface area contributed by atoms with Crippen molar-refractivity contribution in [2.24, 2.45) is 0 Å². The Bertz CT molecular complexity index is 717. The van der Waals surface area contributed by atoms with Crippen LogP contribution >= 0.6 is 11.8 Å². The lowest BCUT2D eigenvalue weighted by atomic mass is 10.1. The number of aromatic nitrogens is 2. The molecule has 0 fully saturated rings. The van der Waals surface area contributed by atoms with Gasteiger partial charge in [0.15, 0.2) is 5.16 Å². The van der Waals surface area contributed by atoms with Crippen LogP contribution in [0.25, 0.3) is 11.3 Å². The Morgan fingerprint density at radius 1 is 1.33 bits per heavy atom. The van der Waals surface area contributed by atoms with Gasteiger partial charge in [-0.05, 0) is 36.9 Å². The number of aromatic amines is 1. The monoisotopic (exact) mass is 301 g/mol. The number of H-pyrrole nitrogens is 1. The minimum atomic E-state index is -0.410. The van der Waals surface area contributed by atoms with Gasteiger partial charge >= 0.3 is 0 Å². The molecule has 0 amide bonds. The highest BCUT2D eigenvalue weighted by Crippen LogP contribution is 2.24. The summed E-state index contributed by atoms with van der Waals surface area (Å²) in [4.78, 5) is 19.0. The number of hydrogen-bond donors (Lipinski definition) is 1. The molecule has 1 aromatic heterocycles. The molecule has 0 spiro atoms. The molecule has 0 atom stereocenters. The van der Waals surface area contributed by atoms with Crippen molar-refractivity contribution in [1.29, 1.82) is 5.26 Å². The molecule has 108 valence electrons. The van der Waals surface area contributed by atoms with E-state index in [0.29, 0.717) is 17.5 Å². The van der Waals surface area contributed by atoms with E-state index in [0.717, 1.165) is 17.1 Å². The van der Waals surface area contributed by atoms with Crippen LogP contribution in [0.1, 0.15) is 19.4 Å². The van der Waals surface area contributed by atoms with E-state index >= 15 is 0 Å². The third kappa shape index (κ3) is 3.44. The molecule has 6 heteroatoms. The maximum absolute atomic E-state index is 12.0. The number of rotatable bonds is 5. The van der Waals surface area contributed by atoms with Gasteiger partial charge in [0.05, 0.1) is 12.3 Å². The quantitative estimate of drug-likeness (QED) is 0.678. The Labute approximate surface area is 127 Å². The second-order valence-electron chi connectivity index (χ2n) is 4.10. The maximum atomic E-state index is 12.0. The molecule has 0 aliphatic heterocycles. The summed E-state index contributed by atoms with van der Waals surface area (Å²) < 4.78 is 5.38. The number of nitrogens with one attached hydrogen (secondary N) is 1. The Morgan fingerprint density at radius 2 is 2.05 bits per heavy atom. The second kappa shape index (κ2) is 6.95. The van der Waals surface area contributed by atoms with Crippen LogP contribution in [-0.4, -0.2) is 22.3 Å². The van der Waals surface area contributed by atoms with Gasteiger partial charge in [-0.25, -0.2) is 4.98 Å². The molecule has 0 bridgehead atoms. The fourth-order valence-corrected chi connectivity index (χ4v) is 2.44. The van der Waals surface area contributed by atoms with Crippen LogP contribution in [0.4, 0.5) is 0 Å². The normalized spacial score (nSPS) is 10.1. The molecule has 0 radical (unpaired) electrons. The Kier molecular flexibility index (Phi) is 5.01. The maximum Gasteiger partial charge on any atom is 0.270 e. The van der Waals surface area contributed by atoms with Crippen LogP contribution in [0.15, 0.2) is 34.2 Å². The van der Waals surface area contributed by atoms with E-state index in [9.17, 15) is 10.1 Å². The summed E-state index contributed by atoms with van der Waals surface area (Å²) in [5, 5.41) is 9.70. The predicted molar refractivity (Wildman–Crippen MR) is 82.6 cm³/mol. The zero-order valence-corrected chi connectivity index (χ0v) is 12.7. The number of thioether (sulfide) groups is 1. The van der Waals surface area contributed by atoms with Gasteiger partial charge in [0.2, 0.25) is 0 Å². The van der Waals surface area contributed by atoms with E-state index in [4.69, 9.17) is 4.74 Å². The number of ether oxygens (including phenoxy) is 1. The highest BCUT2D eigenvalue weighted by atomic mass is 32.2. The number of benzene rings is 1. The van der Waals surface area contributed by atoms with E-state index in [-0.39, 0.29) is 5.56 Å². The van der Waals surface area contributed by atoms with E-state index in [1.807, 2.05) is 19.9 Å². The van der Waals surface area contributed by atoms with Crippen molar-refractivity contribution in [2.75, 3.05) is 12.4 Å². The number of nitrogens with zero attached hydrogens (tertiary/aromatic N) is 2. The van der Waals surface area contributed by atoms with E-state index in [2.05, 4.69) is 9.97 Å². The topological polar surface area (TPSA) is 78.8 Å². The molecule has 0 saturated heterocycles. The molecule has 21 heavy (non-hydrogen) atoms. The first-order valence-corrected chi connectivity index (χ1v) is 7.58. The van der Waals surface area contributed by atoms with Crippen molar-refractivity contribution in [3.63, 3.8) is 0 Å². The summed E-state index contributed by atoms with van der Waals surface area (Å²) >= 11 is 1.43. The molecule has 1 heterocycles. The average molecular weight is 301 g/mol. The van der Waals surface area contributed by atoms with Crippen LogP contribution in [-0.2, 0) is 0 Å². The second-order valence-corrected chi connectivity index (χ2v) is 5.35. The van der Waals surface area contributed by atoms with Crippen LogP contribution in [0.2, 0.25) is 0 Å². The summed E-state index contributed by atoms with van der Waals surface area (Å²) in [6.45, 7) is 4.47. The van der Waals surface area contributed by atoms with Crippen molar-refractivity contribution in [3.8, 4) is 23.1 Å². The van der Waals surface area contributed by atoms with Crippen LogP contribution in [0.5, 0.6) is 5.75 Å². The third-order valence-electron chi connectivity index (χ3n) is 2.73. The van der Waals surface area contributed by atoms with E-state index in [1.54, 1.807) is 24.3 Å². The molecule has 0 unspecified atom stereocenters. The van der Waals surface area contributed by atoms with Gasteiger partial charge in [-0.3, -0.25) is 4.79 Å². The van der Waals surface area contributed by atoms with Crippen molar-refractivity contribution < 1.29 is 4.74 Å². The van der Waals surface area contributed by atoms with Gasteiger partial charge in [-0.15, -0.1) is 0 Å². The van der Waals surface area contributed by atoms with Crippen molar-refractivity contribution in [3.05, 3.63) is 40.2 Å². The smallest absolute Gasteiger partial charge is 0.270 e. The van der Waals surface area contributed by atoms with E-state index < -0.39 is 5.56 Å². The first kappa shape index (κ1) is 15.1. The molecule has 1 N–H and O–H groups in total. The molecule has 0 aliphatic carbocycles. The van der Waals surface area contributed by atoms with Gasteiger partial charge in [0.25, 0.3) is 5.56 Å². The molecule has 0 saturated carbocycles. The number of hydrogen-bond acceptors (Lipinski definition) is 5. The first-order valence-electron chi connectivity index (χ1n) is 6.60. The average Bonchev–Trinajstić information content (AvgIpc) is 2.48. The van der Waals surface area contributed by atoms with Crippen molar-refractivity contribution >= 4 is 11.8 Å². The zero-order valence-electron chi connectivity index (χ0n) is 11.8.